The number of esters is 1. The molecule has 1 aromatic heterocycles. The molecular formula is C19H21N5O4. The van der Waals surface area contributed by atoms with Crippen molar-refractivity contribution >= 4 is 18.1 Å². The second-order valence-corrected chi connectivity index (χ2v) is 6.30. The first-order valence-corrected chi connectivity index (χ1v) is 8.96. The number of urea groups is 1. The van der Waals surface area contributed by atoms with Gasteiger partial charge in [0.1, 0.15) is 6.67 Å². The highest BCUT2D eigenvalue weighted by molar-refractivity contribution is 5.89. The Kier molecular flexibility index (Phi) is 5.86. The van der Waals surface area contributed by atoms with E-state index in [2.05, 4.69) is 15.4 Å². The van der Waals surface area contributed by atoms with Crippen molar-refractivity contribution in [2.24, 2.45) is 4.99 Å². The Hall–Kier alpha value is -3.45. The minimum Gasteiger partial charge on any atom is -0.461 e. The Morgan fingerprint density at radius 1 is 1.32 bits per heavy atom. The molecule has 2 amide bonds. The van der Waals surface area contributed by atoms with Crippen LogP contribution in [0.25, 0.3) is 5.69 Å². The predicted molar refractivity (Wildman–Crippen MR) is 99.9 cm³/mol. The zero-order chi connectivity index (χ0) is 20.1. The quantitative estimate of drug-likeness (QED) is 0.481. The van der Waals surface area contributed by atoms with Gasteiger partial charge in [0.25, 0.3) is 0 Å². The Morgan fingerprint density at radius 2 is 2.07 bits per heavy atom. The number of amides is 2. The van der Waals surface area contributed by atoms with Crippen molar-refractivity contribution in [2.45, 2.75) is 26.8 Å². The number of carbonyl (C=O) groups is 2. The van der Waals surface area contributed by atoms with Crippen LogP contribution >= 0.6 is 0 Å². The van der Waals surface area contributed by atoms with E-state index >= 15 is 0 Å². The van der Waals surface area contributed by atoms with E-state index < -0.39 is 5.97 Å². The number of carbonyl (C=O) groups excluding carboxylic acids is 3. The smallest absolute Gasteiger partial charge is 0.359 e. The molecule has 0 aliphatic carbocycles. The van der Waals surface area contributed by atoms with Crippen LogP contribution in [0.5, 0.6) is 0 Å². The molecule has 9 heteroatoms. The van der Waals surface area contributed by atoms with Gasteiger partial charge >= 0.3 is 12.0 Å². The van der Waals surface area contributed by atoms with Gasteiger partial charge in [0.2, 0.25) is 6.08 Å². The molecule has 0 atom stereocenters. The first-order chi connectivity index (χ1) is 13.5. The van der Waals surface area contributed by atoms with Gasteiger partial charge < -0.3 is 15.0 Å². The highest BCUT2D eigenvalue weighted by Gasteiger charge is 2.31. The molecule has 2 heterocycles. The molecule has 0 saturated carbocycles. The van der Waals surface area contributed by atoms with Gasteiger partial charge in [0, 0.05) is 18.5 Å². The summed E-state index contributed by atoms with van der Waals surface area (Å²) in [7, 11) is 0. The molecule has 0 unspecified atom stereocenters. The summed E-state index contributed by atoms with van der Waals surface area (Å²) in [6, 6.07) is 7.46. The normalized spacial score (nSPS) is 12.7. The molecule has 0 spiro atoms. The van der Waals surface area contributed by atoms with E-state index in [-0.39, 0.29) is 31.5 Å². The van der Waals surface area contributed by atoms with E-state index in [1.165, 1.54) is 6.08 Å². The zero-order valence-corrected chi connectivity index (χ0v) is 15.8. The number of benzene rings is 1. The molecule has 2 aromatic rings. The lowest BCUT2D eigenvalue weighted by Crippen LogP contribution is -2.43. The lowest BCUT2D eigenvalue weighted by molar-refractivity contribution is 0.0516. The van der Waals surface area contributed by atoms with E-state index in [1.807, 2.05) is 31.2 Å². The van der Waals surface area contributed by atoms with Crippen molar-refractivity contribution in [3.05, 3.63) is 46.8 Å². The summed E-state index contributed by atoms with van der Waals surface area (Å²) in [6.45, 7) is 4.49. The first kappa shape index (κ1) is 19.3. The maximum absolute atomic E-state index is 12.4. The Balaban J connectivity index is 1.94. The van der Waals surface area contributed by atoms with Crippen LogP contribution < -0.4 is 5.32 Å². The molecule has 9 nitrogen and oxygen atoms in total. The minimum absolute atomic E-state index is 0.140. The lowest BCUT2D eigenvalue weighted by atomic mass is 10.0. The summed E-state index contributed by atoms with van der Waals surface area (Å²) in [4.78, 5) is 39.7. The number of aromatic nitrogens is 2. The number of fused-ring (bicyclic) bond motifs is 1. The van der Waals surface area contributed by atoms with Crippen LogP contribution in [0.15, 0.2) is 29.3 Å². The molecule has 1 aromatic carbocycles. The van der Waals surface area contributed by atoms with Gasteiger partial charge in [-0.25, -0.2) is 19.1 Å². The van der Waals surface area contributed by atoms with E-state index in [0.717, 1.165) is 16.9 Å². The maximum atomic E-state index is 12.4. The Labute approximate surface area is 162 Å². The number of isocyanates is 1. The van der Waals surface area contributed by atoms with Gasteiger partial charge in [0.05, 0.1) is 24.5 Å². The first-order valence-electron chi connectivity index (χ1n) is 8.96. The summed E-state index contributed by atoms with van der Waals surface area (Å²) < 4.78 is 6.89. The SMILES string of the molecule is CCOC(=O)c1nn(-c2ccc(C)cc2)c2c1CN(C(=O)NCN=C=O)CC2. The van der Waals surface area contributed by atoms with Gasteiger partial charge in [-0.15, -0.1) is 0 Å². The Bertz CT molecular complexity index is 929. The van der Waals surface area contributed by atoms with Crippen molar-refractivity contribution < 1.29 is 19.1 Å². The van der Waals surface area contributed by atoms with E-state index in [4.69, 9.17) is 4.74 Å². The molecular weight excluding hydrogens is 362 g/mol. The second kappa shape index (κ2) is 8.49. The van der Waals surface area contributed by atoms with Crippen molar-refractivity contribution in [1.29, 1.82) is 0 Å². The maximum Gasteiger partial charge on any atom is 0.359 e. The predicted octanol–water partition coefficient (Wildman–Crippen LogP) is 1.72. The van der Waals surface area contributed by atoms with Crippen LogP contribution in [0.3, 0.4) is 0 Å². The largest absolute Gasteiger partial charge is 0.461 e. The molecule has 28 heavy (non-hydrogen) atoms. The molecule has 1 aliphatic heterocycles. The summed E-state index contributed by atoms with van der Waals surface area (Å²) in [6.07, 6.45) is 1.90. The fourth-order valence-corrected chi connectivity index (χ4v) is 3.11. The number of hydrogen-bond acceptors (Lipinski definition) is 6. The third-order valence-electron chi connectivity index (χ3n) is 4.47. The lowest BCUT2D eigenvalue weighted by Gasteiger charge is -2.27. The number of rotatable bonds is 5. The number of aryl methyl sites for hydroxylation is 1. The van der Waals surface area contributed by atoms with Crippen LogP contribution in [-0.2, 0) is 22.5 Å². The molecule has 0 radical (unpaired) electrons. The highest BCUT2D eigenvalue weighted by Crippen LogP contribution is 2.26. The standard InChI is InChI=1S/C19H21N5O4/c1-3-28-18(26)17-15-10-23(19(27)21-11-20-12-25)9-8-16(15)24(22-17)14-6-4-13(2)5-7-14/h4-7H,3,8-11H2,1-2H3,(H,21,27). The molecule has 3 rings (SSSR count). The summed E-state index contributed by atoms with van der Waals surface area (Å²) in [5.41, 5.74) is 3.72. The van der Waals surface area contributed by atoms with Crippen molar-refractivity contribution in [2.75, 3.05) is 19.8 Å². The zero-order valence-electron chi connectivity index (χ0n) is 15.8. The minimum atomic E-state index is -0.516. The van der Waals surface area contributed by atoms with Crippen LogP contribution in [-0.4, -0.2) is 52.6 Å². The second-order valence-electron chi connectivity index (χ2n) is 6.30. The van der Waals surface area contributed by atoms with E-state index in [0.29, 0.717) is 18.5 Å². The van der Waals surface area contributed by atoms with Crippen LogP contribution in [0, 0.1) is 6.92 Å². The van der Waals surface area contributed by atoms with Crippen molar-refractivity contribution in [1.82, 2.24) is 20.0 Å². The Morgan fingerprint density at radius 3 is 2.75 bits per heavy atom. The van der Waals surface area contributed by atoms with Crippen LogP contribution in [0.2, 0.25) is 0 Å². The van der Waals surface area contributed by atoms with Gasteiger partial charge in [-0.1, -0.05) is 17.7 Å². The molecule has 1 aliphatic rings. The molecule has 0 saturated heterocycles. The van der Waals surface area contributed by atoms with Gasteiger partial charge in [-0.05, 0) is 26.0 Å². The molecule has 0 fully saturated rings. The third-order valence-corrected chi connectivity index (χ3v) is 4.47. The number of hydrogen-bond donors (Lipinski definition) is 1. The van der Waals surface area contributed by atoms with Crippen molar-refractivity contribution in [3.63, 3.8) is 0 Å². The number of nitrogens with zero attached hydrogens (tertiary/aromatic N) is 4. The third kappa shape index (κ3) is 3.94. The average molecular weight is 383 g/mol. The summed E-state index contributed by atoms with van der Waals surface area (Å²) in [5, 5.41) is 7.01. The molecule has 0 bridgehead atoms. The topological polar surface area (TPSA) is 106 Å². The number of ether oxygens (including phenoxy) is 1. The number of aliphatic imine (C=N–C) groups is 1. The molecule has 146 valence electrons. The van der Waals surface area contributed by atoms with E-state index in [9.17, 15) is 14.4 Å². The molecule has 1 N–H and O–H groups in total. The number of nitrogens with one attached hydrogen (secondary N) is 1. The van der Waals surface area contributed by atoms with Gasteiger partial charge in [-0.3, -0.25) is 0 Å². The average Bonchev–Trinajstić information content (AvgIpc) is 3.08. The van der Waals surface area contributed by atoms with Crippen LogP contribution in [0.4, 0.5) is 4.79 Å². The van der Waals surface area contributed by atoms with Crippen LogP contribution in [0.1, 0.15) is 34.2 Å². The highest BCUT2D eigenvalue weighted by atomic mass is 16.5. The summed E-state index contributed by atoms with van der Waals surface area (Å²) >= 11 is 0. The van der Waals surface area contributed by atoms with Gasteiger partial charge in [0.15, 0.2) is 5.69 Å². The fourth-order valence-electron chi connectivity index (χ4n) is 3.11. The van der Waals surface area contributed by atoms with E-state index in [1.54, 1.807) is 16.5 Å². The monoisotopic (exact) mass is 383 g/mol. The fraction of sp³-hybridized carbons (Fsp3) is 0.368. The summed E-state index contributed by atoms with van der Waals surface area (Å²) in [5.74, 6) is -0.516. The van der Waals surface area contributed by atoms with Gasteiger partial charge in [-0.2, -0.15) is 10.1 Å². The van der Waals surface area contributed by atoms with Crippen molar-refractivity contribution in [3.8, 4) is 5.69 Å².